The smallest absolute Gasteiger partial charge is 0.180 e. The molecule has 1 aliphatic rings. The van der Waals surface area contributed by atoms with Crippen molar-refractivity contribution in [3.63, 3.8) is 0 Å². The topological polar surface area (TPSA) is 77.5 Å². The van der Waals surface area contributed by atoms with Crippen LogP contribution in [0.2, 0.25) is 0 Å². The molecule has 0 aromatic carbocycles. The molecule has 3 N–H and O–H groups in total. The lowest BCUT2D eigenvalue weighted by atomic mass is 10.1. The molecule has 0 saturated carbocycles. The Morgan fingerprint density at radius 3 is 3.28 bits per heavy atom. The molecule has 1 saturated heterocycles. The van der Waals surface area contributed by atoms with Crippen LogP contribution in [0.4, 0.5) is 11.6 Å². The number of nitrogen functional groups attached to an aromatic ring is 1. The number of anilines is 2. The second kappa shape index (κ2) is 4.45. The first-order valence-corrected chi connectivity index (χ1v) is 6.21. The van der Waals surface area contributed by atoms with Crippen LogP contribution in [0.3, 0.4) is 0 Å². The quantitative estimate of drug-likeness (QED) is 0.854. The van der Waals surface area contributed by atoms with Gasteiger partial charge in [0.25, 0.3) is 0 Å². The summed E-state index contributed by atoms with van der Waals surface area (Å²) in [6, 6.07) is 0.197. The van der Waals surface area contributed by atoms with Crippen molar-refractivity contribution in [3.05, 3.63) is 18.6 Å². The molecule has 6 nitrogen and oxygen atoms in total. The molecule has 2 atom stereocenters. The molecule has 18 heavy (non-hydrogen) atoms. The van der Waals surface area contributed by atoms with Gasteiger partial charge in [0.2, 0.25) is 0 Å². The standard InChI is InChI=1S/C12H17N5O/c1-8(9-3-2-6-18-9)15-11-12-14-4-5-17(12)7-10(13)16-11/h4-5,7-9H,2-3,6,13H2,1H3,(H,15,16). The number of aromatic nitrogens is 3. The van der Waals surface area contributed by atoms with E-state index in [2.05, 4.69) is 22.2 Å². The van der Waals surface area contributed by atoms with Crippen LogP contribution < -0.4 is 11.1 Å². The summed E-state index contributed by atoms with van der Waals surface area (Å²) in [7, 11) is 0. The second-order valence-electron chi connectivity index (χ2n) is 4.66. The van der Waals surface area contributed by atoms with Gasteiger partial charge in [0, 0.05) is 19.0 Å². The largest absolute Gasteiger partial charge is 0.382 e. The van der Waals surface area contributed by atoms with Gasteiger partial charge in [0.15, 0.2) is 11.5 Å². The van der Waals surface area contributed by atoms with Crippen LogP contribution in [0.15, 0.2) is 18.6 Å². The Morgan fingerprint density at radius 1 is 1.61 bits per heavy atom. The number of rotatable bonds is 3. The van der Waals surface area contributed by atoms with Crippen LogP contribution in [0.25, 0.3) is 5.65 Å². The predicted molar refractivity (Wildman–Crippen MR) is 69.5 cm³/mol. The number of nitrogens with zero attached hydrogens (tertiary/aromatic N) is 3. The molecule has 0 radical (unpaired) electrons. The minimum Gasteiger partial charge on any atom is -0.382 e. The van der Waals surface area contributed by atoms with Crippen molar-refractivity contribution >= 4 is 17.3 Å². The molecule has 2 unspecified atom stereocenters. The fraction of sp³-hybridized carbons (Fsp3) is 0.500. The van der Waals surface area contributed by atoms with Crippen molar-refractivity contribution in [2.75, 3.05) is 17.7 Å². The highest BCUT2D eigenvalue weighted by Gasteiger charge is 2.23. The van der Waals surface area contributed by atoms with Crippen LogP contribution in [0.1, 0.15) is 19.8 Å². The Bertz CT molecular complexity index is 546. The SMILES string of the molecule is CC(Nc1nc(N)cn2ccnc12)C1CCCO1. The van der Waals surface area contributed by atoms with Crippen LogP contribution in [0, 0.1) is 0 Å². The van der Waals surface area contributed by atoms with Gasteiger partial charge >= 0.3 is 0 Å². The van der Waals surface area contributed by atoms with Gasteiger partial charge in [-0.05, 0) is 19.8 Å². The molecular weight excluding hydrogens is 230 g/mol. The number of nitrogens with one attached hydrogen (secondary N) is 1. The number of fused-ring (bicyclic) bond motifs is 1. The maximum atomic E-state index is 5.78. The summed E-state index contributed by atoms with van der Waals surface area (Å²) in [5.41, 5.74) is 6.57. The molecule has 96 valence electrons. The van der Waals surface area contributed by atoms with Crippen molar-refractivity contribution in [2.24, 2.45) is 0 Å². The minimum atomic E-state index is 0.197. The lowest BCUT2D eigenvalue weighted by Gasteiger charge is -2.20. The zero-order chi connectivity index (χ0) is 12.5. The van der Waals surface area contributed by atoms with Crippen molar-refractivity contribution in [2.45, 2.75) is 31.9 Å². The maximum Gasteiger partial charge on any atom is 0.180 e. The van der Waals surface area contributed by atoms with E-state index in [1.54, 1.807) is 12.4 Å². The Kier molecular flexibility index (Phi) is 2.79. The molecule has 2 aromatic heterocycles. The molecule has 0 bridgehead atoms. The molecule has 0 aliphatic carbocycles. The molecular formula is C12H17N5O. The van der Waals surface area contributed by atoms with Gasteiger partial charge in [0.05, 0.1) is 18.3 Å². The molecule has 2 aromatic rings. The number of ether oxygens (including phenoxy) is 1. The lowest BCUT2D eigenvalue weighted by Crippen LogP contribution is -2.30. The van der Waals surface area contributed by atoms with Gasteiger partial charge < -0.3 is 20.2 Å². The van der Waals surface area contributed by atoms with Crippen molar-refractivity contribution < 1.29 is 4.74 Å². The van der Waals surface area contributed by atoms with E-state index in [4.69, 9.17) is 10.5 Å². The Balaban J connectivity index is 1.86. The molecule has 6 heteroatoms. The third kappa shape index (κ3) is 1.99. The average Bonchev–Trinajstić information content (AvgIpc) is 2.98. The Hall–Kier alpha value is -1.82. The van der Waals surface area contributed by atoms with Gasteiger partial charge in [-0.15, -0.1) is 0 Å². The molecule has 1 fully saturated rings. The normalized spacial score (nSPS) is 21.3. The van der Waals surface area contributed by atoms with Gasteiger partial charge in [-0.1, -0.05) is 0 Å². The zero-order valence-electron chi connectivity index (χ0n) is 10.3. The lowest BCUT2D eigenvalue weighted by molar-refractivity contribution is 0.0996. The minimum absolute atomic E-state index is 0.197. The maximum absolute atomic E-state index is 5.78. The van der Waals surface area contributed by atoms with E-state index >= 15 is 0 Å². The molecule has 3 heterocycles. The third-order valence-electron chi connectivity index (χ3n) is 3.28. The summed E-state index contributed by atoms with van der Waals surface area (Å²) >= 11 is 0. The molecule has 1 aliphatic heterocycles. The highest BCUT2D eigenvalue weighted by Crippen LogP contribution is 2.21. The predicted octanol–water partition coefficient (Wildman–Crippen LogP) is 1.29. The highest BCUT2D eigenvalue weighted by atomic mass is 16.5. The molecule has 0 spiro atoms. The van der Waals surface area contributed by atoms with Crippen molar-refractivity contribution in [3.8, 4) is 0 Å². The first-order valence-electron chi connectivity index (χ1n) is 6.21. The van der Waals surface area contributed by atoms with Gasteiger partial charge in [-0.25, -0.2) is 9.97 Å². The summed E-state index contributed by atoms with van der Waals surface area (Å²) in [4.78, 5) is 8.59. The number of hydrogen-bond acceptors (Lipinski definition) is 5. The number of nitrogens with two attached hydrogens (primary N) is 1. The van der Waals surface area contributed by atoms with Crippen molar-refractivity contribution in [1.82, 2.24) is 14.4 Å². The fourth-order valence-electron chi connectivity index (χ4n) is 2.35. The Morgan fingerprint density at radius 2 is 2.50 bits per heavy atom. The third-order valence-corrected chi connectivity index (χ3v) is 3.28. The Labute approximate surface area is 105 Å². The van der Waals surface area contributed by atoms with E-state index in [9.17, 15) is 0 Å². The summed E-state index contributed by atoms with van der Waals surface area (Å²) in [6.07, 6.45) is 7.79. The second-order valence-corrected chi connectivity index (χ2v) is 4.66. The van der Waals surface area contributed by atoms with Crippen molar-refractivity contribution in [1.29, 1.82) is 0 Å². The van der Waals surface area contributed by atoms with Crippen LogP contribution in [-0.4, -0.2) is 33.1 Å². The zero-order valence-corrected chi connectivity index (χ0v) is 10.3. The first-order chi connectivity index (χ1) is 8.74. The van der Waals surface area contributed by atoms with Gasteiger partial charge in [-0.3, -0.25) is 0 Å². The summed E-state index contributed by atoms with van der Waals surface area (Å²) in [6.45, 7) is 2.94. The highest BCUT2D eigenvalue weighted by molar-refractivity contribution is 5.65. The van der Waals surface area contributed by atoms with E-state index in [-0.39, 0.29) is 12.1 Å². The van der Waals surface area contributed by atoms with E-state index < -0.39 is 0 Å². The van der Waals surface area contributed by atoms with E-state index in [1.165, 1.54) is 0 Å². The summed E-state index contributed by atoms with van der Waals surface area (Å²) in [5, 5.41) is 3.35. The first kappa shape index (κ1) is 11.3. The van der Waals surface area contributed by atoms with Gasteiger partial charge in [0.1, 0.15) is 5.82 Å². The number of hydrogen-bond donors (Lipinski definition) is 2. The summed E-state index contributed by atoms with van der Waals surface area (Å²) < 4.78 is 7.53. The number of imidazole rings is 1. The molecule has 3 rings (SSSR count). The van der Waals surface area contributed by atoms with Crippen LogP contribution in [0.5, 0.6) is 0 Å². The molecule has 0 amide bonds. The monoisotopic (exact) mass is 247 g/mol. The fourth-order valence-corrected chi connectivity index (χ4v) is 2.35. The van der Waals surface area contributed by atoms with Crippen LogP contribution >= 0.6 is 0 Å². The van der Waals surface area contributed by atoms with E-state index in [0.29, 0.717) is 11.6 Å². The average molecular weight is 247 g/mol. The van der Waals surface area contributed by atoms with E-state index in [0.717, 1.165) is 25.1 Å². The van der Waals surface area contributed by atoms with E-state index in [1.807, 2.05) is 10.6 Å². The summed E-state index contributed by atoms with van der Waals surface area (Å²) in [5.74, 6) is 1.19. The van der Waals surface area contributed by atoms with Gasteiger partial charge in [-0.2, -0.15) is 0 Å². The van der Waals surface area contributed by atoms with Crippen LogP contribution in [-0.2, 0) is 4.74 Å².